The molecule has 4 aromatic rings. The van der Waals surface area contributed by atoms with Crippen LogP contribution in [0.4, 0.5) is 5.69 Å². The fourth-order valence-corrected chi connectivity index (χ4v) is 3.03. The van der Waals surface area contributed by atoms with Crippen LogP contribution in [0.15, 0.2) is 53.3 Å². The van der Waals surface area contributed by atoms with Gasteiger partial charge in [-0.15, -0.1) is 10.2 Å². The van der Waals surface area contributed by atoms with Gasteiger partial charge in [-0.2, -0.15) is 0 Å². The number of benzene rings is 2. The van der Waals surface area contributed by atoms with Gasteiger partial charge in [0.2, 0.25) is 5.78 Å². The highest BCUT2D eigenvalue weighted by molar-refractivity contribution is 5.89. The number of ether oxygens (including phenoxy) is 1. The molecule has 0 unspecified atom stereocenters. The summed E-state index contributed by atoms with van der Waals surface area (Å²) in [4.78, 5) is 24.0. The largest absolute Gasteiger partial charge is 0.465 e. The van der Waals surface area contributed by atoms with E-state index in [1.807, 2.05) is 22.6 Å². The predicted octanol–water partition coefficient (Wildman–Crippen LogP) is 1.98. The molecule has 0 saturated carbocycles. The maximum absolute atomic E-state index is 12.5. The number of esters is 1. The second kappa shape index (κ2) is 6.56. The minimum absolute atomic E-state index is 0.108. The van der Waals surface area contributed by atoms with Crippen LogP contribution in [0, 0.1) is 0 Å². The number of carbonyl (C=O) groups excluding carboxylic acids is 1. The lowest BCUT2D eigenvalue weighted by Crippen LogP contribution is -2.20. The molecular formula is C19H17N5O3. The fraction of sp³-hybridized carbons (Fsp3) is 0.158. The van der Waals surface area contributed by atoms with Gasteiger partial charge in [-0.3, -0.25) is 13.8 Å². The molecule has 4 rings (SSSR count). The lowest BCUT2D eigenvalue weighted by Gasteiger charge is -2.09. The number of fused-ring (bicyclic) bond motifs is 3. The van der Waals surface area contributed by atoms with Crippen molar-refractivity contribution in [2.75, 3.05) is 12.4 Å². The maximum atomic E-state index is 12.5. The van der Waals surface area contributed by atoms with Crippen molar-refractivity contribution in [3.05, 3.63) is 70.3 Å². The Kier molecular flexibility index (Phi) is 4.08. The lowest BCUT2D eigenvalue weighted by atomic mass is 10.2. The number of hydrogen-bond acceptors (Lipinski definition) is 6. The summed E-state index contributed by atoms with van der Waals surface area (Å²) in [5.41, 5.74) is 1.97. The predicted molar refractivity (Wildman–Crippen MR) is 101 cm³/mol. The first-order chi connectivity index (χ1) is 13.1. The van der Waals surface area contributed by atoms with Gasteiger partial charge in [0, 0.05) is 12.7 Å². The van der Waals surface area contributed by atoms with Crippen LogP contribution in [-0.2, 0) is 18.3 Å². The van der Waals surface area contributed by atoms with Gasteiger partial charge >= 0.3 is 5.97 Å². The van der Waals surface area contributed by atoms with Crippen LogP contribution in [0.2, 0.25) is 0 Å². The van der Waals surface area contributed by atoms with Crippen LogP contribution in [0.3, 0.4) is 0 Å². The number of rotatable bonds is 4. The third kappa shape index (κ3) is 2.80. The number of carbonyl (C=O) groups is 1. The van der Waals surface area contributed by atoms with E-state index in [1.54, 1.807) is 37.4 Å². The highest BCUT2D eigenvalue weighted by Gasteiger charge is 2.14. The zero-order chi connectivity index (χ0) is 19.0. The first-order valence-electron chi connectivity index (χ1n) is 8.34. The van der Waals surface area contributed by atoms with Gasteiger partial charge in [0.25, 0.3) is 5.56 Å². The second-order valence-electron chi connectivity index (χ2n) is 6.06. The van der Waals surface area contributed by atoms with E-state index in [0.29, 0.717) is 29.1 Å². The Morgan fingerprint density at radius 1 is 1.11 bits per heavy atom. The quantitative estimate of drug-likeness (QED) is 0.558. The maximum Gasteiger partial charge on any atom is 0.337 e. The van der Waals surface area contributed by atoms with Crippen LogP contribution in [-0.4, -0.2) is 32.2 Å². The minimum atomic E-state index is -0.377. The highest BCUT2D eigenvalue weighted by atomic mass is 16.5. The molecule has 0 aliphatic heterocycles. The molecule has 0 radical (unpaired) electrons. The fourth-order valence-electron chi connectivity index (χ4n) is 3.03. The summed E-state index contributed by atoms with van der Waals surface area (Å²) < 4.78 is 8.05. The molecule has 2 heterocycles. The van der Waals surface area contributed by atoms with Crippen molar-refractivity contribution < 1.29 is 9.53 Å². The third-order valence-corrected chi connectivity index (χ3v) is 4.45. The summed E-state index contributed by atoms with van der Waals surface area (Å²) in [6.07, 6.45) is 0. The van der Waals surface area contributed by atoms with Crippen molar-refractivity contribution in [2.24, 2.45) is 7.05 Å². The molecule has 0 aliphatic rings. The summed E-state index contributed by atoms with van der Waals surface area (Å²) in [6, 6.07) is 14.4. The first kappa shape index (κ1) is 16.8. The number of hydrogen-bond donors (Lipinski definition) is 1. The van der Waals surface area contributed by atoms with Gasteiger partial charge in [0.15, 0.2) is 5.82 Å². The summed E-state index contributed by atoms with van der Waals surface area (Å²) >= 11 is 0. The zero-order valence-electron chi connectivity index (χ0n) is 14.8. The Balaban J connectivity index is 1.69. The van der Waals surface area contributed by atoms with E-state index >= 15 is 0 Å². The molecule has 2 aromatic carbocycles. The molecule has 8 heteroatoms. The van der Waals surface area contributed by atoms with E-state index in [9.17, 15) is 9.59 Å². The van der Waals surface area contributed by atoms with Gasteiger partial charge < -0.3 is 10.1 Å². The van der Waals surface area contributed by atoms with E-state index in [2.05, 4.69) is 15.5 Å². The number of aromatic nitrogens is 4. The average Bonchev–Trinajstić information content (AvgIpc) is 3.14. The topological polar surface area (TPSA) is 90.5 Å². The molecule has 0 atom stereocenters. The second-order valence-corrected chi connectivity index (χ2v) is 6.06. The normalized spacial score (nSPS) is 11.0. The van der Waals surface area contributed by atoms with Crippen molar-refractivity contribution >= 4 is 28.3 Å². The number of nitrogens with one attached hydrogen (secondary N) is 1. The van der Waals surface area contributed by atoms with Gasteiger partial charge in [-0.1, -0.05) is 12.1 Å². The Morgan fingerprint density at radius 3 is 2.59 bits per heavy atom. The van der Waals surface area contributed by atoms with Crippen LogP contribution >= 0.6 is 0 Å². The molecule has 136 valence electrons. The van der Waals surface area contributed by atoms with Crippen LogP contribution in [0.25, 0.3) is 16.7 Å². The molecule has 0 aliphatic carbocycles. The third-order valence-electron chi connectivity index (χ3n) is 4.45. The van der Waals surface area contributed by atoms with Gasteiger partial charge in [0.1, 0.15) is 0 Å². The van der Waals surface area contributed by atoms with E-state index in [1.165, 1.54) is 11.7 Å². The zero-order valence-corrected chi connectivity index (χ0v) is 14.8. The Hall–Kier alpha value is -3.68. The molecule has 0 spiro atoms. The monoisotopic (exact) mass is 363 g/mol. The molecule has 8 nitrogen and oxygen atoms in total. The van der Waals surface area contributed by atoms with Gasteiger partial charge in [0.05, 0.1) is 30.1 Å². The standard InChI is InChI=1S/C19H17N5O3/c1-23-17(25)14-5-3-4-6-15(14)24-16(21-22-19(23)24)11-20-13-9-7-12(8-10-13)18(26)27-2/h3-10,20H,11H2,1-2H3. The molecule has 0 fully saturated rings. The van der Waals surface area contributed by atoms with Crippen molar-refractivity contribution in [3.8, 4) is 0 Å². The number of methoxy groups -OCH3 is 1. The van der Waals surface area contributed by atoms with Crippen molar-refractivity contribution in [1.29, 1.82) is 0 Å². The summed E-state index contributed by atoms with van der Waals surface area (Å²) in [7, 11) is 3.03. The minimum Gasteiger partial charge on any atom is -0.465 e. The van der Waals surface area contributed by atoms with E-state index in [4.69, 9.17) is 4.74 Å². The number of aryl methyl sites for hydroxylation is 1. The van der Waals surface area contributed by atoms with Crippen LogP contribution < -0.4 is 10.9 Å². The lowest BCUT2D eigenvalue weighted by molar-refractivity contribution is 0.0601. The summed E-state index contributed by atoms with van der Waals surface area (Å²) in [5.74, 6) is 0.780. The number of para-hydroxylation sites is 1. The van der Waals surface area contributed by atoms with Crippen LogP contribution in [0.5, 0.6) is 0 Å². The molecule has 0 amide bonds. The van der Waals surface area contributed by atoms with E-state index < -0.39 is 0 Å². The van der Waals surface area contributed by atoms with Crippen LogP contribution in [0.1, 0.15) is 16.2 Å². The average molecular weight is 363 g/mol. The number of anilines is 1. The molecular weight excluding hydrogens is 346 g/mol. The van der Waals surface area contributed by atoms with Gasteiger partial charge in [-0.25, -0.2) is 4.79 Å². The van der Waals surface area contributed by atoms with Crippen molar-refractivity contribution in [2.45, 2.75) is 6.54 Å². The molecule has 2 aromatic heterocycles. The van der Waals surface area contributed by atoms with Crippen molar-refractivity contribution in [3.63, 3.8) is 0 Å². The SMILES string of the molecule is COC(=O)c1ccc(NCc2nnc3n(C)c(=O)c4ccccc4n23)cc1. The molecule has 0 bridgehead atoms. The smallest absolute Gasteiger partial charge is 0.337 e. The summed E-state index contributed by atoms with van der Waals surface area (Å²) in [6.45, 7) is 0.404. The van der Waals surface area contributed by atoms with Crippen molar-refractivity contribution in [1.82, 2.24) is 19.2 Å². The molecule has 27 heavy (non-hydrogen) atoms. The highest BCUT2D eigenvalue weighted by Crippen LogP contribution is 2.16. The molecule has 0 saturated heterocycles. The Labute approximate surface area is 154 Å². The summed E-state index contributed by atoms with van der Waals surface area (Å²) in [5, 5.41) is 12.3. The van der Waals surface area contributed by atoms with E-state index in [0.717, 1.165) is 11.2 Å². The van der Waals surface area contributed by atoms with E-state index in [-0.39, 0.29) is 11.5 Å². The first-order valence-corrected chi connectivity index (χ1v) is 8.34. The number of nitrogens with zero attached hydrogens (tertiary/aromatic N) is 4. The molecule has 1 N–H and O–H groups in total. The Bertz CT molecular complexity index is 1210. The van der Waals surface area contributed by atoms with Gasteiger partial charge in [-0.05, 0) is 36.4 Å². The Morgan fingerprint density at radius 2 is 1.85 bits per heavy atom.